The normalized spacial score (nSPS) is 23.3. The Balaban J connectivity index is 1.59. The van der Waals surface area contributed by atoms with E-state index in [0.29, 0.717) is 29.4 Å². The number of oxazole rings is 1. The van der Waals surface area contributed by atoms with Gasteiger partial charge in [-0.05, 0) is 32.0 Å². The van der Waals surface area contributed by atoms with Crippen molar-refractivity contribution in [2.24, 2.45) is 5.92 Å². The maximum absolute atomic E-state index is 14.0. The average Bonchev–Trinajstić information content (AvgIpc) is 3.15. The van der Waals surface area contributed by atoms with Crippen molar-refractivity contribution in [3.8, 4) is 0 Å². The molecule has 4 atom stereocenters. The van der Waals surface area contributed by atoms with Gasteiger partial charge in [-0.15, -0.1) is 0 Å². The Bertz CT molecular complexity index is 1290. The van der Waals surface area contributed by atoms with Crippen LogP contribution in [0, 0.1) is 12.8 Å². The minimum atomic E-state index is -1.34. The zero-order valence-corrected chi connectivity index (χ0v) is 19.0. The third-order valence-electron chi connectivity index (χ3n) is 6.79. The number of carboxylic acids is 1. The number of aromatic carboxylic acids is 1. The summed E-state index contributed by atoms with van der Waals surface area (Å²) in [5.41, 5.74) is 1.06. The van der Waals surface area contributed by atoms with E-state index in [-0.39, 0.29) is 22.9 Å². The van der Waals surface area contributed by atoms with Crippen LogP contribution >= 0.6 is 11.6 Å². The smallest absolute Gasteiger partial charge is 0.341 e. The van der Waals surface area contributed by atoms with Crippen molar-refractivity contribution in [2.75, 3.05) is 25.0 Å². The van der Waals surface area contributed by atoms with Crippen LogP contribution in [0.3, 0.4) is 0 Å². The molecule has 0 spiro atoms. The molecule has 2 aliphatic rings. The van der Waals surface area contributed by atoms with Crippen LogP contribution < -0.4 is 15.6 Å². The Kier molecular flexibility index (Phi) is 5.41. The molecule has 33 heavy (non-hydrogen) atoms. The molecular weight excluding hydrogens is 451 g/mol. The Labute approximate surface area is 194 Å². The summed E-state index contributed by atoms with van der Waals surface area (Å²) in [5, 5.41) is 13.3. The third-order valence-corrected chi connectivity index (χ3v) is 7.08. The van der Waals surface area contributed by atoms with Crippen LogP contribution in [-0.2, 0) is 0 Å². The Morgan fingerprint density at radius 3 is 2.82 bits per heavy atom. The van der Waals surface area contributed by atoms with E-state index in [1.54, 1.807) is 17.0 Å². The van der Waals surface area contributed by atoms with Crippen LogP contribution in [0.15, 0.2) is 33.9 Å². The summed E-state index contributed by atoms with van der Waals surface area (Å²) in [6.07, 6.45) is 4.55. The van der Waals surface area contributed by atoms with Crippen LogP contribution in [-0.4, -0.2) is 46.9 Å². The van der Waals surface area contributed by atoms with Crippen LogP contribution in [0.5, 0.6) is 0 Å². The molecule has 4 unspecified atom stereocenters. The summed E-state index contributed by atoms with van der Waals surface area (Å²) in [6.45, 7) is 3.28. The van der Waals surface area contributed by atoms with Crippen molar-refractivity contribution in [3.63, 3.8) is 0 Å². The number of carbonyl (C=O) groups is 1. The minimum Gasteiger partial charge on any atom is -0.477 e. The lowest BCUT2D eigenvalue weighted by Gasteiger charge is -2.26. The van der Waals surface area contributed by atoms with E-state index in [1.807, 2.05) is 14.0 Å². The summed E-state index contributed by atoms with van der Waals surface area (Å²) in [5.74, 6) is -0.491. The molecule has 1 saturated carbocycles. The number of halogens is 2. The fourth-order valence-corrected chi connectivity index (χ4v) is 5.49. The SMILES string of the molecule is CNC(c1ncco1)C1CCN(c2c(Cl)cc3c(=O)c(C(=O)O)cn(C4CC4F)c3c2C)C1. The number of nitrogens with zero attached hydrogens (tertiary/aromatic N) is 3. The zero-order valence-electron chi connectivity index (χ0n) is 18.2. The number of pyridine rings is 1. The molecule has 8 nitrogen and oxygen atoms in total. The number of aromatic nitrogens is 2. The molecular formula is C23H24ClFN4O4. The predicted molar refractivity (Wildman–Crippen MR) is 122 cm³/mol. The first-order chi connectivity index (χ1) is 15.8. The standard InChI is InChI=1S/C23H24ClFN4O4/c1-11-19-13(21(30)14(23(31)32)10-29(19)17-8-16(17)25)7-15(24)20(11)28-5-3-12(9-28)18(26-2)22-27-4-6-33-22/h4,6-7,10,12,16-18,26H,3,5,8-9H2,1-2H3,(H,31,32). The molecule has 0 bridgehead atoms. The number of rotatable bonds is 6. The maximum Gasteiger partial charge on any atom is 0.341 e. The maximum atomic E-state index is 14.0. The number of anilines is 1. The Morgan fingerprint density at radius 1 is 1.45 bits per heavy atom. The van der Waals surface area contributed by atoms with Gasteiger partial charge in [-0.1, -0.05) is 11.6 Å². The van der Waals surface area contributed by atoms with Gasteiger partial charge in [0.05, 0.1) is 34.5 Å². The number of alkyl halides is 1. The molecule has 1 aliphatic heterocycles. The molecule has 10 heteroatoms. The van der Waals surface area contributed by atoms with Gasteiger partial charge in [-0.3, -0.25) is 4.79 Å². The van der Waals surface area contributed by atoms with Crippen LogP contribution in [0.4, 0.5) is 10.1 Å². The molecule has 1 aromatic carbocycles. The molecule has 0 amide bonds. The van der Waals surface area contributed by atoms with E-state index in [0.717, 1.165) is 24.2 Å². The second kappa shape index (κ2) is 8.14. The highest BCUT2D eigenvalue weighted by Gasteiger charge is 2.41. The second-order valence-corrected chi connectivity index (χ2v) is 9.17. The molecule has 0 radical (unpaired) electrons. The summed E-state index contributed by atoms with van der Waals surface area (Å²) >= 11 is 6.67. The van der Waals surface area contributed by atoms with Gasteiger partial charge in [0.2, 0.25) is 11.3 Å². The van der Waals surface area contributed by atoms with E-state index < -0.39 is 23.6 Å². The zero-order chi connectivity index (χ0) is 23.4. The largest absolute Gasteiger partial charge is 0.477 e. The molecule has 3 aromatic rings. The fraction of sp³-hybridized carbons (Fsp3) is 0.435. The lowest BCUT2D eigenvalue weighted by Crippen LogP contribution is -2.29. The van der Waals surface area contributed by atoms with Crippen molar-refractivity contribution < 1.29 is 18.7 Å². The van der Waals surface area contributed by atoms with Gasteiger partial charge in [-0.25, -0.2) is 14.2 Å². The highest BCUT2D eigenvalue weighted by atomic mass is 35.5. The quantitative estimate of drug-likeness (QED) is 0.561. The van der Waals surface area contributed by atoms with Gasteiger partial charge in [0.1, 0.15) is 18.0 Å². The third kappa shape index (κ3) is 3.59. The minimum absolute atomic E-state index is 0.0559. The first kappa shape index (κ1) is 21.9. The van der Waals surface area contributed by atoms with Crippen molar-refractivity contribution >= 4 is 34.2 Å². The number of carboxylic acid groups (broad SMARTS) is 1. The molecule has 1 aliphatic carbocycles. The average molecular weight is 475 g/mol. The topological polar surface area (TPSA) is 101 Å². The lowest BCUT2D eigenvalue weighted by atomic mass is 9.99. The van der Waals surface area contributed by atoms with Gasteiger partial charge < -0.3 is 24.3 Å². The van der Waals surface area contributed by atoms with Crippen LogP contribution in [0.2, 0.25) is 5.02 Å². The summed E-state index contributed by atoms with van der Waals surface area (Å²) in [7, 11) is 1.87. The molecule has 1 saturated heterocycles. The van der Waals surface area contributed by atoms with E-state index >= 15 is 0 Å². The summed E-state index contributed by atoms with van der Waals surface area (Å²) < 4.78 is 21.2. The molecule has 2 fully saturated rings. The summed E-state index contributed by atoms with van der Waals surface area (Å²) in [6, 6.07) is 0.987. The summed E-state index contributed by atoms with van der Waals surface area (Å²) in [4.78, 5) is 31.0. The monoisotopic (exact) mass is 474 g/mol. The van der Waals surface area contributed by atoms with Crippen molar-refractivity contribution in [1.82, 2.24) is 14.9 Å². The fourth-order valence-electron chi connectivity index (χ4n) is 5.12. The van der Waals surface area contributed by atoms with E-state index in [9.17, 15) is 19.1 Å². The van der Waals surface area contributed by atoms with E-state index in [2.05, 4.69) is 15.2 Å². The Hall–Kier alpha value is -2.91. The molecule has 5 rings (SSSR count). The first-order valence-corrected chi connectivity index (χ1v) is 11.3. The highest BCUT2D eigenvalue weighted by molar-refractivity contribution is 6.34. The number of fused-ring (bicyclic) bond motifs is 1. The van der Waals surface area contributed by atoms with Gasteiger partial charge >= 0.3 is 5.97 Å². The molecule has 2 aromatic heterocycles. The van der Waals surface area contributed by atoms with Gasteiger partial charge in [0.15, 0.2) is 0 Å². The van der Waals surface area contributed by atoms with E-state index in [4.69, 9.17) is 16.0 Å². The predicted octanol–water partition coefficient (Wildman–Crippen LogP) is 3.72. The molecule has 3 heterocycles. The van der Waals surface area contributed by atoms with Gasteiger partial charge in [-0.2, -0.15) is 0 Å². The van der Waals surface area contributed by atoms with Crippen LogP contribution in [0.1, 0.15) is 46.7 Å². The van der Waals surface area contributed by atoms with Crippen molar-refractivity contribution in [2.45, 2.75) is 38.0 Å². The molecule has 2 N–H and O–H groups in total. The first-order valence-electron chi connectivity index (χ1n) is 10.9. The Morgan fingerprint density at radius 2 is 2.21 bits per heavy atom. The number of hydrogen-bond acceptors (Lipinski definition) is 6. The van der Waals surface area contributed by atoms with E-state index in [1.165, 1.54) is 12.3 Å². The highest BCUT2D eigenvalue weighted by Crippen LogP contribution is 2.44. The van der Waals surface area contributed by atoms with Crippen molar-refractivity contribution in [3.05, 3.63) is 57.0 Å². The number of nitrogens with one attached hydrogen (secondary N) is 1. The number of benzene rings is 1. The lowest BCUT2D eigenvalue weighted by molar-refractivity contribution is 0.0694. The van der Waals surface area contributed by atoms with Crippen molar-refractivity contribution in [1.29, 1.82) is 0 Å². The van der Waals surface area contributed by atoms with Crippen LogP contribution in [0.25, 0.3) is 10.9 Å². The number of hydrogen-bond donors (Lipinski definition) is 2. The number of aryl methyl sites for hydroxylation is 1. The second-order valence-electron chi connectivity index (χ2n) is 8.76. The molecule has 174 valence electrons. The van der Waals surface area contributed by atoms with Gasteiger partial charge in [0.25, 0.3) is 0 Å². The van der Waals surface area contributed by atoms with Gasteiger partial charge in [0, 0.05) is 37.0 Å².